The van der Waals surface area contributed by atoms with Crippen molar-refractivity contribution in [3.05, 3.63) is 29.6 Å². The Morgan fingerprint density at radius 3 is 1.77 bits per heavy atom. The van der Waals surface area contributed by atoms with Crippen molar-refractivity contribution in [2.45, 2.75) is 142 Å². The van der Waals surface area contributed by atoms with Crippen molar-refractivity contribution in [3.8, 4) is 5.75 Å². The van der Waals surface area contributed by atoms with E-state index in [1.165, 1.54) is 116 Å². The summed E-state index contributed by atoms with van der Waals surface area (Å²) in [6, 6.07) is 5.63. The fourth-order valence-electron chi connectivity index (χ4n) is 6.61. The zero-order valence-corrected chi connectivity index (χ0v) is 23.2. The molecule has 2 aliphatic rings. The van der Waals surface area contributed by atoms with Crippen LogP contribution in [0, 0.1) is 29.5 Å². The SMILES string of the molecule is CCCCCCCC1CCC(COc2ccc(CCC3CCC(CCCCC)CC3)c(F)c2)CC1. The van der Waals surface area contributed by atoms with E-state index >= 15 is 0 Å². The van der Waals surface area contributed by atoms with E-state index in [9.17, 15) is 4.39 Å². The Morgan fingerprint density at radius 1 is 0.657 bits per heavy atom. The minimum absolute atomic E-state index is 0.0671. The number of hydrogen-bond acceptors (Lipinski definition) is 1. The second kappa shape index (κ2) is 16.6. The minimum Gasteiger partial charge on any atom is -0.493 e. The summed E-state index contributed by atoms with van der Waals surface area (Å²) in [5, 5.41) is 0. The van der Waals surface area contributed by atoms with E-state index in [4.69, 9.17) is 4.74 Å². The highest BCUT2D eigenvalue weighted by Gasteiger charge is 2.22. The van der Waals surface area contributed by atoms with Gasteiger partial charge in [-0.15, -0.1) is 0 Å². The molecule has 35 heavy (non-hydrogen) atoms. The Bertz CT molecular complexity index is 670. The Hall–Kier alpha value is -1.05. The Kier molecular flexibility index (Phi) is 13.6. The van der Waals surface area contributed by atoms with Crippen LogP contribution < -0.4 is 4.74 Å². The third-order valence-electron chi connectivity index (χ3n) is 9.20. The molecule has 0 spiro atoms. The fourth-order valence-corrected chi connectivity index (χ4v) is 6.61. The maximum Gasteiger partial charge on any atom is 0.130 e. The van der Waals surface area contributed by atoms with Crippen molar-refractivity contribution in [1.29, 1.82) is 0 Å². The second-order valence-corrected chi connectivity index (χ2v) is 12.1. The van der Waals surface area contributed by atoms with Crippen molar-refractivity contribution in [1.82, 2.24) is 0 Å². The molecule has 2 aliphatic carbocycles. The number of unbranched alkanes of at least 4 members (excludes halogenated alkanes) is 6. The van der Waals surface area contributed by atoms with Gasteiger partial charge in [0.2, 0.25) is 0 Å². The zero-order chi connectivity index (χ0) is 24.7. The summed E-state index contributed by atoms with van der Waals surface area (Å²) in [5.41, 5.74) is 0.877. The van der Waals surface area contributed by atoms with Gasteiger partial charge in [0.15, 0.2) is 0 Å². The second-order valence-electron chi connectivity index (χ2n) is 12.1. The number of hydrogen-bond donors (Lipinski definition) is 0. The lowest BCUT2D eigenvalue weighted by molar-refractivity contribution is 0.177. The molecule has 0 radical (unpaired) electrons. The molecule has 0 aliphatic heterocycles. The molecule has 0 N–H and O–H groups in total. The van der Waals surface area contributed by atoms with Gasteiger partial charge >= 0.3 is 0 Å². The zero-order valence-electron chi connectivity index (χ0n) is 23.2. The Morgan fingerprint density at radius 2 is 1.17 bits per heavy atom. The first-order valence-electron chi connectivity index (χ1n) is 15.6. The van der Waals surface area contributed by atoms with E-state index in [1.54, 1.807) is 6.07 Å². The van der Waals surface area contributed by atoms with Crippen LogP contribution in [-0.2, 0) is 6.42 Å². The number of halogens is 1. The molecular formula is C33H55FO. The van der Waals surface area contributed by atoms with Crippen LogP contribution in [0.3, 0.4) is 0 Å². The van der Waals surface area contributed by atoms with Crippen LogP contribution >= 0.6 is 0 Å². The van der Waals surface area contributed by atoms with Crippen molar-refractivity contribution in [2.75, 3.05) is 6.61 Å². The predicted octanol–water partition coefficient (Wildman–Crippen LogP) is 10.7. The lowest BCUT2D eigenvalue weighted by atomic mass is 9.78. The first kappa shape index (κ1) is 28.5. The average Bonchev–Trinajstić information content (AvgIpc) is 2.88. The van der Waals surface area contributed by atoms with Gasteiger partial charge in [-0.1, -0.05) is 123 Å². The molecule has 0 aromatic heterocycles. The maximum atomic E-state index is 14.8. The molecule has 0 atom stereocenters. The summed E-state index contributed by atoms with van der Waals surface area (Å²) >= 11 is 0. The fraction of sp³-hybridized carbons (Fsp3) is 0.818. The average molecular weight is 487 g/mol. The van der Waals surface area contributed by atoms with E-state index in [1.807, 2.05) is 12.1 Å². The van der Waals surface area contributed by atoms with Crippen LogP contribution in [0.5, 0.6) is 5.75 Å². The minimum atomic E-state index is -0.0671. The highest BCUT2D eigenvalue weighted by atomic mass is 19.1. The monoisotopic (exact) mass is 486 g/mol. The molecule has 0 unspecified atom stereocenters. The third kappa shape index (κ3) is 10.8. The molecule has 1 aromatic carbocycles. The lowest BCUT2D eigenvalue weighted by Gasteiger charge is -2.29. The molecule has 2 saturated carbocycles. The lowest BCUT2D eigenvalue weighted by Crippen LogP contribution is -2.20. The van der Waals surface area contributed by atoms with Crippen molar-refractivity contribution < 1.29 is 9.13 Å². The van der Waals surface area contributed by atoms with Crippen LogP contribution in [-0.4, -0.2) is 6.61 Å². The summed E-state index contributed by atoms with van der Waals surface area (Å²) < 4.78 is 20.8. The van der Waals surface area contributed by atoms with Crippen LogP contribution in [0.2, 0.25) is 0 Å². The van der Waals surface area contributed by atoms with E-state index < -0.39 is 0 Å². The standard InChI is InChI=1S/C33H55FO/c1-3-5-7-8-10-12-28-17-19-30(20-18-28)26-35-32-24-23-31(33(34)25-32)22-21-29-15-13-27(14-16-29)11-9-6-4-2/h23-25,27-30H,3-22,26H2,1-2H3. The smallest absolute Gasteiger partial charge is 0.130 e. The molecule has 3 rings (SSSR count). The maximum absolute atomic E-state index is 14.8. The van der Waals surface area contributed by atoms with Gasteiger partial charge in [0.05, 0.1) is 6.61 Å². The molecule has 0 amide bonds. The summed E-state index contributed by atoms with van der Waals surface area (Å²) in [7, 11) is 0. The molecule has 1 nitrogen and oxygen atoms in total. The molecule has 2 heteroatoms. The van der Waals surface area contributed by atoms with Crippen LogP contribution in [0.4, 0.5) is 4.39 Å². The number of aryl methyl sites for hydroxylation is 1. The highest BCUT2D eigenvalue weighted by molar-refractivity contribution is 5.29. The normalized spacial score (nSPS) is 25.0. The third-order valence-corrected chi connectivity index (χ3v) is 9.20. The van der Waals surface area contributed by atoms with E-state index in [2.05, 4.69) is 13.8 Å². The molecule has 0 saturated heterocycles. The van der Waals surface area contributed by atoms with Crippen LogP contribution in [0.25, 0.3) is 0 Å². The first-order chi connectivity index (χ1) is 17.2. The first-order valence-corrected chi connectivity index (χ1v) is 15.6. The molecule has 200 valence electrons. The van der Waals surface area contributed by atoms with Crippen molar-refractivity contribution in [2.24, 2.45) is 23.7 Å². The quantitative estimate of drug-likeness (QED) is 0.211. The predicted molar refractivity (Wildman–Crippen MR) is 149 cm³/mol. The van der Waals surface area contributed by atoms with Gasteiger partial charge in [-0.3, -0.25) is 0 Å². The summed E-state index contributed by atoms with van der Waals surface area (Å²) in [5.74, 6) is 3.97. The van der Waals surface area contributed by atoms with Crippen molar-refractivity contribution in [3.63, 3.8) is 0 Å². The van der Waals surface area contributed by atoms with Gasteiger partial charge in [0, 0.05) is 6.07 Å². The van der Waals surface area contributed by atoms with E-state index in [-0.39, 0.29) is 5.82 Å². The largest absolute Gasteiger partial charge is 0.493 e. The van der Waals surface area contributed by atoms with Gasteiger partial charge < -0.3 is 4.74 Å². The number of rotatable bonds is 16. The van der Waals surface area contributed by atoms with Gasteiger partial charge in [0.1, 0.15) is 11.6 Å². The van der Waals surface area contributed by atoms with Gasteiger partial charge in [-0.05, 0) is 61.0 Å². The summed E-state index contributed by atoms with van der Waals surface area (Å²) in [4.78, 5) is 0. The molecule has 1 aromatic rings. The van der Waals surface area contributed by atoms with Gasteiger partial charge in [-0.25, -0.2) is 4.39 Å². The topological polar surface area (TPSA) is 9.23 Å². The number of ether oxygens (including phenoxy) is 1. The van der Waals surface area contributed by atoms with Gasteiger partial charge in [0.25, 0.3) is 0 Å². The van der Waals surface area contributed by atoms with E-state index in [0.717, 1.165) is 48.5 Å². The molecular weight excluding hydrogens is 431 g/mol. The summed E-state index contributed by atoms with van der Waals surface area (Å²) in [6.45, 7) is 5.33. The highest BCUT2D eigenvalue weighted by Crippen LogP contribution is 2.35. The molecule has 0 bridgehead atoms. The summed E-state index contributed by atoms with van der Waals surface area (Å²) in [6.07, 6.45) is 26.7. The Labute approximate surface area is 217 Å². The Balaban J connectivity index is 1.29. The number of benzene rings is 1. The van der Waals surface area contributed by atoms with Gasteiger partial charge in [-0.2, -0.15) is 0 Å². The molecule has 2 fully saturated rings. The van der Waals surface area contributed by atoms with E-state index in [0.29, 0.717) is 5.92 Å². The van der Waals surface area contributed by atoms with Crippen LogP contribution in [0.15, 0.2) is 18.2 Å². The van der Waals surface area contributed by atoms with Crippen molar-refractivity contribution >= 4 is 0 Å². The van der Waals surface area contributed by atoms with Crippen LogP contribution in [0.1, 0.15) is 141 Å². The molecule has 0 heterocycles.